The Morgan fingerprint density at radius 2 is 1.90 bits per heavy atom. The van der Waals surface area contributed by atoms with E-state index in [2.05, 4.69) is 10.3 Å². The van der Waals surface area contributed by atoms with E-state index in [1.54, 1.807) is 17.0 Å². The van der Waals surface area contributed by atoms with Gasteiger partial charge in [0, 0.05) is 29.5 Å². The summed E-state index contributed by atoms with van der Waals surface area (Å²) >= 11 is 5.85. The zero-order chi connectivity index (χ0) is 15.5. The number of hydrogen-bond donors (Lipinski definition) is 1. The van der Waals surface area contributed by atoms with E-state index in [0.717, 1.165) is 11.4 Å². The van der Waals surface area contributed by atoms with Gasteiger partial charge in [-0.2, -0.15) is 0 Å². The van der Waals surface area contributed by atoms with Crippen molar-refractivity contribution in [3.8, 4) is 0 Å². The third-order valence-corrected chi connectivity index (χ3v) is 3.43. The number of hydrogen-bond acceptors (Lipinski definition) is 3. The first-order valence-electron chi connectivity index (χ1n) is 6.94. The summed E-state index contributed by atoms with van der Waals surface area (Å²) in [4.78, 5) is 16.5. The molecular weight excluding hydrogens is 286 g/mol. The van der Waals surface area contributed by atoms with E-state index in [9.17, 15) is 4.79 Å². The van der Waals surface area contributed by atoms with Crippen molar-refractivity contribution in [3.05, 3.63) is 57.6 Å². The summed E-state index contributed by atoms with van der Waals surface area (Å²) in [6.07, 6.45) is 4.17. The van der Waals surface area contributed by atoms with Gasteiger partial charge in [0.2, 0.25) is 0 Å². The molecule has 1 heterocycles. The van der Waals surface area contributed by atoms with Crippen LogP contribution in [-0.4, -0.2) is 16.1 Å². The molecule has 0 spiro atoms. The second kappa shape index (κ2) is 6.31. The predicted octanol–water partition coefficient (Wildman–Crippen LogP) is 3.31. The summed E-state index contributed by atoms with van der Waals surface area (Å²) in [6, 6.07) is 7.69. The fourth-order valence-corrected chi connectivity index (χ4v) is 2.16. The Labute approximate surface area is 129 Å². The van der Waals surface area contributed by atoms with Crippen LogP contribution in [0.5, 0.6) is 0 Å². The minimum Gasteiger partial charge on any atom is -0.365 e. The predicted molar refractivity (Wildman–Crippen MR) is 87.1 cm³/mol. The van der Waals surface area contributed by atoms with Gasteiger partial charge in [-0.3, -0.25) is 4.79 Å². The molecule has 0 radical (unpaired) electrons. The molecule has 5 heteroatoms. The molecule has 1 aromatic carbocycles. The number of anilines is 1. The molecule has 0 aliphatic heterocycles. The van der Waals surface area contributed by atoms with Gasteiger partial charge in [0.1, 0.15) is 0 Å². The maximum absolute atomic E-state index is 12.3. The molecule has 0 unspecified atom stereocenters. The summed E-state index contributed by atoms with van der Waals surface area (Å²) in [5, 5.41) is 3.84. The molecule has 0 aliphatic rings. The van der Waals surface area contributed by atoms with Crippen LogP contribution in [0.4, 0.5) is 5.82 Å². The van der Waals surface area contributed by atoms with E-state index in [4.69, 9.17) is 11.6 Å². The molecule has 0 saturated carbocycles. The average Bonchev–Trinajstić information content (AvgIpc) is 2.41. The van der Waals surface area contributed by atoms with Crippen molar-refractivity contribution in [2.75, 3.05) is 11.9 Å². The summed E-state index contributed by atoms with van der Waals surface area (Å²) in [7, 11) is 0. The highest BCUT2D eigenvalue weighted by molar-refractivity contribution is 6.30. The zero-order valence-corrected chi connectivity index (χ0v) is 13.3. The van der Waals surface area contributed by atoms with Crippen molar-refractivity contribution >= 4 is 17.4 Å². The van der Waals surface area contributed by atoms with Crippen LogP contribution in [0, 0.1) is 0 Å². The van der Waals surface area contributed by atoms with Crippen LogP contribution in [0.2, 0.25) is 5.02 Å². The first-order valence-corrected chi connectivity index (χ1v) is 7.32. The second-order valence-corrected chi connectivity index (χ2v) is 6.36. The second-order valence-electron chi connectivity index (χ2n) is 5.93. The number of nitrogens with zero attached hydrogens (tertiary/aromatic N) is 2. The van der Waals surface area contributed by atoms with Crippen molar-refractivity contribution < 1.29 is 0 Å². The lowest BCUT2D eigenvalue weighted by Crippen LogP contribution is -2.35. The van der Waals surface area contributed by atoms with Crippen molar-refractivity contribution in [1.82, 2.24) is 9.55 Å². The third-order valence-electron chi connectivity index (χ3n) is 3.18. The Balaban J connectivity index is 2.04. The van der Waals surface area contributed by atoms with E-state index < -0.39 is 0 Å². The zero-order valence-electron chi connectivity index (χ0n) is 12.6. The van der Waals surface area contributed by atoms with Crippen molar-refractivity contribution in [1.29, 1.82) is 0 Å². The lowest BCUT2D eigenvalue weighted by atomic mass is 10.1. The summed E-state index contributed by atoms with van der Waals surface area (Å²) in [6.45, 7) is 6.63. The Hall–Kier alpha value is -1.81. The average molecular weight is 306 g/mol. The van der Waals surface area contributed by atoms with E-state index in [0.29, 0.717) is 12.4 Å². The Kier molecular flexibility index (Phi) is 4.68. The SMILES string of the molecule is CC(C)(C)n1ccnc(NCCc2ccc(Cl)cc2)c1=O. The Morgan fingerprint density at radius 3 is 2.52 bits per heavy atom. The van der Waals surface area contributed by atoms with Crippen LogP contribution in [-0.2, 0) is 12.0 Å². The van der Waals surface area contributed by atoms with Gasteiger partial charge in [-0.25, -0.2) is 4.98 Å². The molecule has 21 heavy (non-hydrogen) atoms. The summed E-state index contributed by atoms with van der Waals surface area (Å²) < 4.78 is 1.69. The number of benzene rings is 1. The lowest BCUT2D eigenvalue weighted by molar-refractivity contribution is 0.383. The Morgan fingerprint density at radius 1 is 1.24 bits per heavy atom. The quantitative estimate of drug-likeness (QED) is 0.942. The lowest BCUT2D eigenvalue weighted by Gasteiger charge is -2.22. The third kappa shape index (κ3) is 4.08. The minimum absolute atomic E-state index is 0.0962. The largest absolute Gasteiger partial charge is 0.365 e. The van der Waals surface area contributed by atoms with Crippen molar-refractivity contribution in [3.63, 3.8) is 0 Å². The standard InChI is InChI=1S/C16H20ClN3O/c1-16(2,3)20-11-10-19-14(15(20)21)18-9-8-12-4-6-13(17)7-5-12/h4-7,10-11H,8-9H2,1-3H3,(H,18,19). The number of nitrogens with one attached hydrogen (secondary N) is 1. The Bertz CT molecular complexity index is 656. The fraction of sp³-hybridized carbons (Fsp3) is 0.375. The van der Waals surface area contributed by atoms with E-state index in [1.807, 2.05) is 45.0 Å². The molecule has 4 nitrogen and oxygen atoms in total. The number of rotatable bonds is 4. The van der Waals surface area contributed by atoms with Crippen molar-refractivity contribution in [2.45, 2.75) is 32.7 Å². The summed E-state index contributed by atoms with van der Waals surface area (Å²) in [5.41, 5.74) is 0.812. The molecule has 2 aromatic rings. The minimum atomic E-state index is -0.257. The van der Waals surface area contributed by atoms with Crippen molar-refractivity contribution in [2.24, 2.45) is 0 Å². The molecule has 0 atom stereocenters. The molecular formula is C16H20ClN3O. The van der Waals surface area contributed by atoms with Gasteiger partial charge in [-0.15, -0.1) is 0 Å². The van der Waals surface area contributed by atoms with Gasteiger partial charge in [0.25, 0.3) is 5.56 Å². The number of halogens is 1. The maximum atomic E-state index is 12.3. The van der Waals surface area contributed by atoms with Gasteiger partial charge in [-0.05, 0) is 44.9 Å². The molecule has 0 bridgehead atoms. The van der Waals surface area contributed by atoms with Crippen LogP contribution in [0.15, 0.2) is 41.5 Å². The highest BCUT2D eigenvalue weighted by Crippen LogP contribution is 2.11. The van der Waals surface area contributed by atoms with Crippen LogP contribution >= 0.6 is 11.6 Å². The highest BCUT2D eigenvalue weighted by atomic mass is 35.5. The fourth-order valence-electron chi connectivity index (χ4n) is 2.04. The molecule has 0 fully saturated rings. The molecule has 0 amide bonds. The number of aromatic nitrogens is 2. The van der Waals surface area contributed by atoms with Gasteiger partial charge in [-0.1, -0.05) is 23.7 Å². The normalized spacial score (nSPS) is 11.4. The first-order chi connectivity index (χ1) is 9.88. The highest BCUT2D eigenvalue weighted by Gasteiger charge is 2.16. The van der Waals surface area contributed by atoms with Crippen LogP contribution in [0.1, 0.15) is 26.3 Å². The van der Waals surface area contributed by atoms with E-state index in [1.165, 1.54) is 5.56 Å². The van der Waals surface area contributed by atoms with Crippen LogP contribution in [0.3, 0.4) is 0 Å². The summed E-state index contributed by atoms with van der Waals surface area (Å²) in [5.74, 6) is 0.390. The molecule has 2 rings (SSSR count). The van der Waals surface area contributed by atoms with Crippen LogP contribution < -0.4 is 10.9 Å². The maximum Gasteiger partial charge on any atom is 0.293 e. The topological polar surface area (TPSA) is 46.9 Å². The van der Waals surface area contributed by atoms with E-state index in [-0.39, 0.29) is 11.1 Å². The van der Waals surface area contributed by atoms with Gasteiger partial charge in [0.15, 0.2) is 5.82 Å². The van der Waals surface area contributed by atoms with Gasteiger partial charge < -0.3 is 9.88 Å². The van der Waals surface area contributed by atoms with E-state index >= 15 is 0 Å². The first kappa shape index (κ1) is 15.6. The van der Waals surface area contributed by atoms with Gasteiger partial charge >= 0.3 is 0 Å². The van der Waals surface area contributed by atoms with Gasteiger partial charge in [0.05, 0.1) is 0 Å². The molecule has 1 aromatic heterocycles. The molecule has 112 valence electrons. The smallest absolute Gasteiger partial charge is 0.293 e. The molecule has 1 N–H and O–H groups in total. The molecule has 0 saturated heterocycles. The molecule has 0 aliphatic carbocycles. The van der Waals surface area contributed by atoms with Crippen LogP contribution in [0.25, 0.3) is 0 Å². The monoisotopic (exact) mass is 305 g/mol.